The van der Waals surface area contributed by atoms with Gasteiger partial charge in [-0.25, -0.2) is 9.78 Å². The number of imide groups is 1. The zero-order chi connectivity index (χ0) is 20.5. The molecule has 1 saturated heterocycles. The third-order valence-electron chi connectivity index (χ3n) is 5.77. The van der Waals surface area contributed by atoms with Crippen molar-refractivity contribution < 1.29 is 14.4 Å². The molecular weight excluding hydrogens is 376 g/mol. The van der Waals surface area contributed by atoms with Gasteiger partial charge in [-0.2, -0.15) is 0 Å². The third kappa shape index (κ3) is 3.92. The predicted octanol–water partition coefficient (Wildman–Crippen LogP) is 2.70. The molecule has 0 bridgehead atoms. The van der Waals surface area contributed by atoms with E-state index >= 15 is 0 Å². The summed E-state index contributed by atoms with van der Waals surface area (Å²) in [6, 6.07) is -0.364. The van der Waals surface area contributed by atoms with Crippen LogP contribution in [-0.4, -0.2) is 58.3 Å². The van der Waals surface area contributed by atoms with Crippen LogP contribution in [0.4, 0.5) is 4.79 Å². The van der Waals surface area contributed by atoms with Gasteiger partial charge in [0.25, 0.3) is 5.91 Å². The van der Waals surface area contributed by atoms with Crippen LogP contribution in [-0.2, 0) is 21.4 Å². The topological polar surface area (TPSA) is 82.6 Å². The summed E-state index contributed by atoms with van der Waals surface area (Å²) in [5.41, 5.74) is 0.322. The lowest BCUT2D eigenvalue weighted by atomic mass is 9.81. The summed E-state index contributed by atoms with van der Waals surface area (Å²) in [7, 11) is 1.68. The number of amides is 4. The van der Waals surface area contributed by atoms with Gasteiger partial charge in [-0.05, 0) is 12.8 Å². The van der Waals surface area contributed by atoms with E-state index in [4.69, 9.17) is 0 Å². The number of hydrogen-bond acceptors (Lipinski definition) is 5. The molecule has 3 rings (SSSR count). The summed E-state index contributed by atoms with van der Waals surface area (Å²) >= 11 is 1.59. The molecule has 4 amide bonds. The molecule has 1 saturated carbocycles. The first-order valence-electron chi connectivity index (χ1n) is 9.96. The van der Waals surface area contributed by atoms with Crippen LogP contribution in [0, 0.1) is 0 Å². The Bertz CT molecular complexity index is 762. The minimum Gasteiger partial charge on any atom is -0.354 e. The molecule has 1 spiro atoms. The second-order valence-electron chi connectivity index (χ2n) is 8.80. The smallest absolute Gasteiger partial charge is 0.327 e. The normalized spacial score (nSPS) is 19.6. The SMILES string of the molecule is CN1C(=O)N(CC(=O)NCCc2nc(C(C)(C)C)cs2)C(=O)C12CCCCC2. The summed E-state index contributed by atoms with van der Waals surface area (Å²) in [6.07, 6.45) is 4.98. The van der Waals surface area contributed by atoms with Crippen LogP contribution >= 0.6 is 11.3 Å². The summed E-state index contributed by atoms with van der Waals surface area (Å²) < 4.78 is 0. The first-order chi connectivity index (χ1) is 13.1. The molecule has 2 aliphatic rings. The maximum absolute atomic E-state index is 12.9. The van der Waals surface area contributed by atoms with Crippen molar-refractivity contribution in [3.63, 3.8) is 0 Å². The van der Waals surface area contributed by atoms with Crippen molar-refractivity contribution in [1.82, 2.24) is 20.1 Å². The zero-order valence-corrected chi connectivity index (χ0v) is 18.0. The van der Waals surface area contributed by atoms with Crippen LogP contribution in [0.5, 0.6) is 0 Å². The quantitative estimate of drug-likeness (QED) is 0.762. The maximum atomic E-state index is 12.9. The van der Waals surface area contributed by atoms with E-state index in [0.29, 0.717) is 25.8 Å². The van der Waals surface area contributed by atoms with Gasteiger partial charge in [-0.3, -0.25) is 14.5 Å². The molecule has 0 unspecified atom stereocenters. The Hall–Kier alpha value is -1.96. The summed E-state index contributed by atoms with van der Waals surface area (Å²) in [6.45, 7) is 6.58. The molecule has 2 fully saturated rings. The van der Waals surface area contributed by atoms with E-state index in [9.17, 15) is 14.4 Å². The van der Waals surface area contributed by atoms with Crippen molar-refractivity contribution in [3.05, 3.63) is 16.1 Å². The summed E-state index contributed by atoms with van der Waals surface area (Å²) in [4.78, 5) is 45.1. The number of likely N-dealkylation sites (N-methyl/N-ethyl adjacent to an activating group) is 1. The monoisotopic (exact) mass is 406 g/mol. The van der Waals surface area contributed by atoms with Crippen molar-refractivity contribution >= 4 is 29.2 Å². The lowest BCUT2D eigenvalue weighted by Crippen LogP contribution is -2.49. The molecule has 1 aliphatic carbocycles. The Morgan fingerprint density at radius 3 is 2.54 bits per heavy atom. The summed E-state index contributed by atoms with van der Waals surface area (Å²) in [5, 5.41) is 5.84. The van der Waals surface area contributed by atoms with Crippen molar-refractivity contribution in [2.75, 3.05) is 20.1 Å². The van der Waals surface area contributed by atoms with Gasteiger partial charge >= 0.3 is 6.03 Å². The van der Waals surface area contributed by atoms with E-state index in [0.717, 1.165) is 34.9 Å². The Morgan fingerprint density at radius 1 is 1.25 bits per heavy atom. The van der Waals surface area contributed by atoms with Crippen LogP contribution in [0.1, 0.15) is 63.6 Å². The number of thiazole rings is 1. The highest BCUT2D eigenvalue weighted by atomic mass is 32.1. The van der Waals surface area contributed by atoms with E-state index in [1.54, 1.807) is 23.3 Å². The Morgan fingerprint density at radius 2 is 1.93 bits per heavy atom. The number of hydrogen-bond donors (Lipinski definition) is 1. The highest BCUT2D eigenvalue weighted by Gasteiger charge is 2.55. The number of urea groups is 1. The summed E-state index contributed by atoms with van der Waals surface area (Å²) in [5.74, 6) is -0.528. The fourth-order valence-corrected chi connectivity index (χ4v) is 4.97. The fraction of sp³-hybridized carbons (Fsp3) is 0.700. The Balaban J connectivity index is 1.53. The van der Waals surface area contributed by atoms with Crippen LogP contribution in [0.15, 0.2) is 5.38 Å². The van der Waals surface area contributed by atoms with Gasteiger partial charge in [0.1, 0.15) is 12.1 Å². The van der Waals surface area contributed by atoms with E-state index < -0.39 is 5.54 Å². The molecule has 1 N–H and O–H groups in total. The molecule has 0 atom stereocenters. The van der Waals surface area contributed by atoms with Gasteiger partial charge in [0.2, 0.25) is 5.91 Å². The lowest BCUT2D eigenvalue weighted by molar-refractivity contribution is -0.137. The molecular formula is C20H30N4O3S. The van der Waals surface area contributed by atoms with Gasteiger partial charge in [-0.15, -0.1) is 11.3 Å². The molecule has 0 aromatic carbocycles. The minimum absolute atomic E-state index is 0.00950. The second-order valence-corrected chi connectivity index (χ2v) is 9.74. The van der Waals surface area contributed by atoms with E-state index in [1.165, 1.54) is 0 Å². The number of rotatable bonds is 5. The first-order valence-corrected chi connectivity index (χ1v) is 10.8. The van der Waals surface area contributed by atoms with Crippen molar-refractivity contribution in [3.8, 4) is 0 Å². The standard InChI is InChI=1S/C20H30N4O3S/c1-19(2,3)14-13-28-16(22-14)8-11-21-15(25)12-24-17(26)20(23(4)18(24)27)9-6-5-7-10-20/h13H,5-12H2,1-4H3,(H,21,25). The number of carbonyl (C=O) groups excluding carboxylic acids is 3. The number of aromatic nitrogens is 1. The second kappa shape index (κ2) is 7.81. The van der Waals surface area contributed by atoms with Crippen molar-refractivity contribution in [2.24, 2.45) is 0 Å². The first kappa shape index (κ1) is 20.8. The van der Waals surface area contributed by atoms with Gasteiger partial charge in [0.05, 0.1) is 10.7 Å². The molecule has 1 aromatic heterocycles. The van der Waals surface area contributed by atoms with Crippen LogP contribution in [0.2, 0.25) is 0 Å². The van der Waals surface area contributed by atoms with Crippen molar-refractivity contribution in [2.45, 2.75) is 70.3 Å². The largest absolute Gasteiger partial charge is 0.354 e. The minimum atomic E-state index is -0.736. The average molecular weight is 407 g/mol. The zero-order valence-electron chi connectivity index (χ0n) is 17.2. The molecule has 2 heterocycles. The van der Waals surface area contributed by atoms with Gasteiger partial charge in [0.15, 0.2) is 0 Å². The third-order valence-corrected chi connectivity index (χ3v) is 6.68. The highest BCUT2D eigenvalue weighted by Crippen LogP contribution is 2.39. The molecule has 1 aromatic rings. The van der Waals surface area contributed by atoms with Gasteiger partial charge in [0, 0.05) is 30.8 Å². The molecule has 0 radical (unpaired) electrons. The predicted molar refractivity (Wildman–Crippen MR) is 108 cm³/mol. The molecule has 8 heteroatoms. The maximum Gasteiger partial charge on any atom is 0.327 e. The van der Waals surface area contributed by atoms with E-state index in [1.807, 2.05) is 0 Å². The Kier molecular flexibility index (Phi) is 5.79. The van der Waals surface area contributed by atoms with Crippen LogP contribution < -0.4 is 5.32 Å². The van der Waals surface area contributed by atoms with Gasteiger partial charge < -0.3 is 10.2 Å². The fourth-order valence-electron chi connectivity index (χ4n) is 3.95. The average Bonchev–Trinajstić information content (AvgIpc) is 3.19. The van der Waals surface area contributed by atoms with Crippen LogP contribution in [0.25, 0.3) is 0 Å². The molecule has 1 aliphatic heterocycles. The number of carbonyl (C=O) groups is 3. The van der Waals surface area contributed by atoms with Gasteiger partial charge in [-0.1, -0.05) is 40.0 Å². The molecule has 154 valence electrons. The number of nitrogens with one attached hydrogen (secondary N) is 1. The highest BCUT2D eigenvalue weighted by molar-refractivity contribution is 7.09. The number of nitrogens with zero attached hydrogens (tertiary/aromatic N) is 3. The lowest BCUT2D eigenvalue weighted by Gasteiger charge is -2.35. The van der Waals surface area contributed by atoms with Crippen LogP contribution in [0.3, 0.4) is 0 Å². The Labute approximate surface area is 170 Å². The van der Waals surface area contributed by atoms with E-state index in [2.05, 4.69) is 36.5 Å². The molecule has 28 heavy (non-hydrogen) atoms. The molecule has 7 nitrogen and oxygen atoms in total. The van der Waals surface area contributed by atoms with E-state index in [-0.39, 0.29) is 29.8 Å². The van der Waals surface area contributed by atoms with Crippen molar-refractivity contribution in [1.29, 1.82) is 0 Å².